The van der Waals surface area contributed by atoms with Crippen LogP contribution < -0.4 is 0 Å². The summed E-state index contributed by atoms with van der Waals surface area (Å²) in [6, 6.07) is 0. The van der Waals surface area contributed by atoms with Crippen molar-refractivity contribution < 1.29 is 19.7 Å². The van der Waals surface area contributed by atoms with Crippen LogP contribution in [0.4, 0.5) is 4.79 Å². The smallest absolute Gasteiger partial charge is 0.450 e. The molecule has 0 atom stereocenters. The van der Waals surface area contributed by atoms with Gasteiger partial charge in [0, 0.05) is 7.11 Å². The van der Waals surface area contributed by atoms with E-state index < -0.39 is 6.16 Å². The third-order valence-electron chi connectivity index (χ3n) is 1.82. The summed E-state index contributed by atoms with van der Waals surface area (Å²) in [5.41, 5.74) is 0. The van der Waals surface area contributed by atoms with E-state index in [1.807, 2.05) is 0 Å². The minimum absolute atomic E-state index is 0.0220. The highest BCUT2D eigenvalue weighted by molar-refractivity contribution is 5.57. The van der Waals surface area contributed by atoms with E-state index in [9.17, 15) is 4.79 Å². The highest BCUT2D eigenvalue weighted by atomic mass is 16.7. The minimum Gasteiger partial charge on any atom is -0.450 e. The largest absolute Gasteiger partial charge is 0.506 e. The summed E-state index contributed by atoms with van der Waals surface area (Å²) in [6.07, 6.45) is 4.10. The van der Waals surface area contributed by atoms with Crippen molar-refractivity contribution in [3.05, 3.63) is 0 Å². The standard InChI is InChI=1S/C7H12O3.CH4O/c8-7(9)10-6-4-2-1-3-5-6;1-2/h6H,1-5H2,(H,8,9);2H,1H3. The van der Waals surface area contributed by atoms with Crippen LogP contribution in [-0.2, 0) is 4.74 Å². The van der Waals surface area contributed by atoms with Crippen LogP contribution >= 0.6 is 0 Å². The molecule has 0 aliphatic heterocycles. The second kappa shape index (κ2) is 6.91. The van der Waals surface area contributed by atoms with Crippen molar-refractivity contribution >= 4 is 6.16 Å². The van der Waals surface area contributed by atoms with Gasteiger partial charge >= 0.3 is 6.16 Å². The fraction of sp³-hybridized carbons (Fsp3) is 0.875. The van der Waals surface area contributed by atoms with Gasteiger partial charge in [-0.2, -0.15) is 0 Å². The van der Waals surface area contributed by atoms with E-state index in [-0.39, 0.29) is 6.10 Å². The van der Waals surface area contributed by atoms with Crippen LogP contribution in [0.25, 0.3) is 0 Å². The number of aliphatic hydroxyl groups excluding tert-OH is 1. The van der Waals surface area contributed by atoms with Crippen molar-refractivity contribution in [3.63, 3.8) is 0 Å². The molecule has 1 rings (SSSR count). The predicted octanol–water partition coefficient (Wildman–Crippen LogP) is 1.62. The van der Waals surface area contributed by atoms with Gasteiger partial charge in [-0.3, -0.25) is 0 Å². The molecule has 0 radical (unpaired) electrons. The zero-order valence-electron chi connectivity index (χ0n) is 7.32. The number of carbonyl (C=O) groups is 1. The fourth-order valence-electron chi connectivity index (χ4n) is 1.33. The van der Waals surface area contributed by atoms with E-state index in [2.05, 4.69) is 4.74 Å². The molecule has 1 aliphatic rings. The summed E-state index contributed by atoms with van der Waals surface area (Å²) in [5, 5.41) is 15.2. The number of ether oxygens (including phenoxy) is 1. The average molecular weight is 176 g/mol. The van der Waals surface area contributed by atoms with Crippen molar-refractivity contribution in [2.75, 3.05) is 7.11 Å². The number of rotatable bonds is 1. The Bertz CT molecular complexity index is 118. The number of carboxylic acid groups (broad SMARTS) is 1. The Kier molecular flexibility index (Phi) is 6.47. The topological polar surface area (TPSA) is 66.8 Å². The molecule has 2 N–H and O–H groups in total. The molecule has 0 unspecified atom stereocenters. The maximum Gasteiger partial charge on any atom is 0.506 e. The summed E-state index contributed by atoms with van der Waals surface area (Å²) < 4.78 is 4.61. The first-order chi connectivity index (χ1) is 5.79. The molecule has 1 fully saturated rings. The Morgan fingerprint density at radius 1 is 1.25 bits per heavy atom. The Hall–Kier alpha value is -0.770. The van der Waals surface area contributed by atoms with Crippen molar-refractivity contribution in [3.8, 4) is 0 Å². The fourth-order valence-corrected chi connectivity index (χ4v) is 1.33. The normalized spacial score (nSPS) is 17.5. The molecule has 0 aromatic carbocycles. The van der Waals surface area contributed by atoms with Gasteiger partial charge in [0.25, 0.3) is 0 Å². The maximum atomic E-state index is 10.0. The first-order valence-electron chi connectivity index (χ1n) is 4.13. The van der Waals surface area contributed by atoms with Crippen LogP contribution in [0, 0.1) is 0 Å². The lowest BCUT2D eigenvalue weighted by atomic mass is 9.98. The van der Waals surface area contributed by atoms with Gasteiger partial charge in [0.2, 0.25) is 0 Å². The lowest BCUT2D eigenvalue weighted by Crippen LogP contribution is -2.19. The van der Waals surface area contributed by atoms with Crippen LogP contribution in [0.15, 0.2) is 0 Å². The number of aliphatic hydroxyl groups is 1. The molecule has 72 valence electrons. The molecular weight excluding hydrogens is 160 g/mol. The molecule has 0 amide bonds. The maximum absolute atomic E-state index is 10.0. The van der Waals surface area contributed by atoms with Crippen LogP contribution in [0.1, 0.15) is 32.1 Å². The molecule has 0 bridgehead atoms. The quantitative estimate of drug-likeness (QED) is 0.596. The van der Waals surface area contributed by atoms with Gasteiger partial charge in [0.15, 0.2) is 0 Å². The van der Waals surface area contributed by atoms with Gasteiger partial charge < -0.3 is 14.9 Å². The van der Waals surface area contributed by atoms with Crippen molar-refractivity contribution in [1.82, 2.24) is 0 Å². The molecule has 12 heavy (non-hydrogen) atoms. The SMILES string of the molecule is CO.O=C(O)OC1CCCCC1. The summed E-state index contributed by atoms with van der Waals surface area (Å²) in [6.45, 7) is 0. The summed E-state index contributed by atoms with van der Waals surface area (Å²) >= 11 is 0. The van der Waals surface area contributed by atoms with Gasteiger partial charge in [-0.05, 0) is 25.7 Å². The molecule has 0 saturated heterocycles. The Morgan fingerprint density at radius 3 is 2.17 bits per heavy atom. The Labute approximate surface area is 72.2 Å². The van der Waals surface area contributed by atoms with Crippen molar-refractivity contribution in [2.45, 2.75) is 38.2 Å². The molecule has 1 aliphatic carbocycles. The molecule has 0 heterocycles. The first kappa shape index (κ1) is 11.2. The van der Waals surface area contributed by atoms with Crippen LogP contribution in [0.2, 0.25) is 0 Å². The van der Waals surface area contributed by atoms with Crippen molar-refractivity contribution in [2.24, 2.45) is 0 Å². The van der Waals surface area contributed by atoms with E-state index in [4.69, 9.17) is 10.2 Å². The second-order valence-corrected chi connectivity index (χ2v) is 2.64. The summed E-state index contributed by atoms with van der Waals surface area (Å²) in [5.74, 6) is 0. The zero-order chi connectivity index (χ0) is 9.40. The number of hydrogen-bond donors (Lipinski definition) is 2. The monoisotopic (exact) mass is 176 g/mol. The van der Waals surface area contributed by atoms with E-state index in [1.54, 1.807) is 0 Å². The van der Waals surface area contributed by atoms with Crippen LogP contribution in [0.5, 0.6) is 0 Å². The molecule has 4 heteroatoms. The van der Waals surface area contributed by atoms with Crippen molar-refractivity contribution in [1.29, 1.82) is 0 Å². The third kappa shape index (κ3) is 4.96. The average Bonchev–Trinajstić information content (AvgIpc) is 2.08. The highest BCUT2D eigenvalue weighted by Gasteiger charge is 2.16. The molecule has 0 aromatic rings. The van der Waals surface area contributed by atoms with E-state index >= 15 is 0 Å². The minimum atomic E-state index is -1.13. The lowest BCUT2D eigenvalue weighted by molar-refractivity contribution is 0.0358. The van der Waals surface area contributed by atoms with E-state index in [1.165, 1.54) is 6.42 Å². The summed E-state index contributed by atoms with van der Waals surface area (Å²) in [4.78, 5) is 10.0. The van der Waals surface area contributed by atoms with Crippen LogP contribution in [0.3, 0.4) is 0 Å². The number of hydrogen-bond acceptors (Lipinski definition) is 3. The lowest BCUT2D eigenvalue weighted by Gasteiger charge is -2.19. The van der Waals surface area contributed by atoms with Crippen LogP contribution in [-0.4, -0.2) is 29.6 Å². The highest BCUT2D eigenvalue weighted by Crippen LogP contribution is 2.19. The van der Waals surface area contributed by atoms with Gasteiger partial charge in [0.1, 0.15) is 6.10 Å². The van der Waals surface area contributed by atoms with Gasteiger partial charge in [-0.1, -0.05) is 6.42 Å². The summed E-state index contributed by atoms with van der Waals surface area (Å²) in [7, 11) is 1.00. The first-order valence-corrected chi connectivity index (χ1v) is 4.13. The van der Waals surface area contributed by atoms with Gasteiger partial charge in [-0.15, -0.1) is 0 Å². The Balaban J connectivity index is 0.000000561. The van der Waals surface area contributed by atoms with E-state index in [0.29, 0.717) is 0 Å². The molecule has 0 aromatic heterocycles. The van der Waals surface area contributed by atoms with Gasteiger partial charge in [0.05, 0.1) is 0 Å². The zero-order valence-corrected chi connectivity index (χ0v) is 7.32. The third-order valence-corrected chi connectivity index (χ3v) is 1.82. The Morgan fingerprint density at radius 2 is 1.75 bits per heavy atom. The van der Waals surface area contributed by atoms with E-state index in [0.717, 1.165) is 32.8 Å². The van der Waals surface area contributed by atoms with Gasteiger partial charge in [-0.25, -0.2) is 4.79 Å². The second-order valence-electron chi connectivity index (χ2n) is 2.64. The molecular formula is C8H16O4. The molecule has 4 nitrogen and oxygen atoms in total. The molecule has 0 spiro atoms. The molecule has 1 saturated carbocycles. The predicted molar refractivity (Wildman–Crippen MR) is 44.1 cm³/mol.